The molecule has 0 spiro atoms. The minimum atomic E-state index is -0.0972. The Morgan fingerprint density at radius 1 is 1.22 bits per heavy atom. The molecule has 2 aliphatic rings. The van der Waals surface area contributed by atoms with E-state index < -0.39 is 0 Å². The topological polar surface area (TPSA) is 79.5 Å². The molecule has 2 aliphatic heterocycles. The van der Waals surface area contributed by atoms with Gasteiger partial charge in [-0.1, -0.05) is 6.07 Å². The van der Waals surface area contributed by atoms with Gasteiger partial charge in [0.1, 0.15) is 0 Å². The van der Waals surface area contributed by atoms with Crippen LogP contribution in [0, 0.1) is 0 Å². The third kappa shape index (κ3) is 4.02. The van der Waals surface area contributed by atoms with Crippen molar-refractivity contribution in [3.8, 4) is 11.5 Å². The van der Waals surface area contributed by atoms with Crippen LogP contribution in [0.3, 0.4) is 0 Å². The molecule has 0 unspecified atom stereocenters. The van der Waals surface area contributed by atoms with Gasteiger partial charge in [0.2, 0.25) is 0 Å². The van der Waals surface area contributed by atoms with E-state index in [0.29, 0.717) is 19.1 Å². The van der Waals surface area contributed by atoms with Crippen LogP contribution >= 0.6 is 0 Å². The second-order valence-corrected chi connectivity index (χ2v) is 7.20. The van der Waals surface area contributed by atoms with Crippen LogP contribution in [0.5, 0.6) is 11.5 Å². The summed E-state index contributed by atoms with van der Waals surface area (Å²) < 4.78 is 11.4. The van der Waals surface area contributed by atoms with E-state index in [4.69, 9.17) is 9.47 Å². The number of carbonyl (C=O) groups excluding carboxylic acids is 1. The highest BCUT2D eigenvalue weighted by Gasteiger charge is 2.25. The lowest BCUT2D eigenvalue weighted by molar-refractivity contribution is 0.178. The zero-order chi connectivity index (χ0) is 18.6. The maximum absolute atomic E-state index is 12.7. The van der Waals surface area contributed by atoms with Crippen molar-refractivity contribution in [3.63, 3.8) is 0 Å². The first-order valence-electron chi connectivity index (χ1n) is 9.65. The lowest BCUT2D eigenvalue weighted by atomic mass is 9.94. The molecule has 7 nitrogen and oxygen atoms in total. The van der Waals surface area contributed by atoms with Crippen molar-refractivity contribution in [2.24, 2.45) is 0 Å². The molecule has 0 aliphatic carbocycles. The first-order valence-corrected chi connectivity index (χ1v) is 9.65. The number of piperidine rings is 1. The van der Waals surface area contributed by atoms with Gasteiger partial charge in [-0.25, -0.2) is 4.79 Å². The van der Waals surface area contributed by atoms with Gasteiger partial charge in [-0.05, 0) is 43.5 Å². The molecule has 27 heavy (non-hydrogen) atoms. The maximum Gasteiger partial charge on any atom is 0.317 e. The number of H-pyrrole nitrogens is 1. The van der Waals surface area contributed by atoms with Gasteiger partial charge in [0.05, 0.1) is 19.3 Å². The molecule has 0 radical (unpaired) electrons. The molecule has 3 heterocycles. The van der Waals surface area contributed by atoms with E-state index in [-0.39, 0.29) is 12.1 Å². The van der Waals surface area contributed by atoms with E-state index in [9.17, 15) is 4.79 Å². The first kappa shape index (κ1) is 17.7. The zero-order valence-corrected chi connectivity index (χ0v) is 15.6. The summed E-state index contributed by atoms with van der Waals surface area (Å²) in [5, 5.41) is 10.2. The fourth-order valence-electron chi connectivity index (χ4n) is 3.70. The van der Waals surface area contributed by atoms with Gasteiger partial charge in [0, 0.05) is 37.3 Å². The van der Waals surface area contributed by atoms with Gasteiger partial charge in [0.25, 0.3) is 0 Å². The summed E-state index contributed by atoms with van der Waals surface area (Å²) in [6, 6.07) is 7.79. The average Bonchev–Trinajstić information content (AvgIpc) is 3.13. The van der Waals surface area contributed by atoms with Gasteiger partial charge >= 0.3 is 6.03 Å². The largest absolute Gasteiger partial charge is 0.490 e. The molecule has 1 aromatic heterocycles. The van der Waals surface area contributed by atoms with E-state index in [1.54, 1.807) is 6.20 Å². The van der Waals surface area contributed by atoms with Crippen LogP contribution in [-0.4, -0.2) is 47.4 Å². The standard InChI is InChI=1S/C20H26N4O3/c1-14(16-3-4-18-19(13-16)27-12-2-11-26-18)22-20(25)24-9-6-15(7-10-24)17-5-8-21-23-17/h3-5,8,13-15H,2,6-7,9-12H2,1H3,(H,21,23)(H,22,25)/t14-/m0/s1. The van der Waals surface area contributed by atoms with Crippen LogP contribution in [0.25, 0.3) is 0 Å². The Bertz CT molecular complexity index is 770. The van der Waals surface area contributed by atoms with Crippen LogP contribution in [0.2, 0.25) is 0 Å². The number of hydrogen-bond acceptors (Lipinski definition) is 4. The number of amides is 2. The summed E-state index contributed by atoms with van der Waals surface area (Å²) in [7, 11) is 0. The Balaban J connectivity index is 1.33. The number of urea groups is 1. The minimum absolute atomic E-state index is 0.0160. The van der Waals surface area contributed by atoms with Crippen molar-refractivity contribution in [3.05, 3.63) is 41.7 Å². The Morgan fingerprint density at radius 3 is 2.74 bits per heavy atom. The number of carbonyl (C=O) groups is 1. The SMILES string of the molecule is C[C@H](NC(=O)N1CCC(c2ccn[nH]2)CC1)c1ccc2c(c1)OCCCO2. The van der Waals surface area contributed by atoms with E-state index in [0.717, 1.165) is 55.1 Å². The number of hydrogen-bond donors (Lipinski definition) is 2. The van der Waals surface area contributed by atoms with Crippen molar-refractivity contribution in [2.75, 3.05) is 26.3 Å². The first-order chi connectivity index (χ1) is 13.2. The van der Waals surface area contributed by atoms with Gasteiger partial charge in [-0.3, -0.25) is 5.10 Å². The molecule has 7 heteroatoms. The molecule has 0 bridgehead atoms. The summed E-state index contributed by atoms with van der Waals surface area (Å²) in [5.74, 6) is 1.98. The van der Waals surface area contributed by atoms with E-state index in [1.807, 2.05) is 36.1 Å². The van der Waals surface area contributed by atoms with Crippen LogP contribution in [-0.2, 0) is 0 Å². The number of fused-ring (bicyclic) bond motifs is 1. The molecule has 0 saturated carbocycles. The molecule has 1 atom stereocenters. The van der Waals surface area contributed by atoms with Crippen molar-refractivity contribution in [1.29, 1.82) is 0 Å². The summed E-state index contributed by atoms with van der Waals surface area (Å²) in [6.45, 7) is 4.83. The molecule has 1 fully saturated rings. The smallest absolute Gasteiger partial charge is 0.317 e. The molecule has 1 saturated heterocycles. The van der Waals surface area contributed by atoms with Crippen LogP contribution in [0.1, 0.15) is 49.4 Å². The molecule has 2 N–H and O–H groups in total. The molecule has 2 aromatic rings. The van der Waals surface area contributed by atoms with Crippen LogP contribution in [0.4, 0.5) is 4.79 Å². The molecular formula is C20H26N4O3. The predicted octanol–water partition coefficient (Wildman–Crippen LogP) is 3.22. The Morgan fingerprint density at radius 2 is 2.00 bits per heavy atom. The summed E-state index contributed by atoms with van der Waals surface area (Å²) in [5.41, 5.74) is 2.18. The number of benzene rings is 1. The van der Waals surface area contributed by atoms with Crippen molar-refractivity contribution >= 4 is 6.03 Å². The number of likely N-dealkylation sites (tertiary alicyclic amines) is 1. The van der Waals surface area contributed by atoms with Gasteiger partial charge < -0.3 is 19.7 Å². The second-order valence-electron chi connectivity index (χ2n) is 7.20. The van der Waals surface area contributed by atoms with Crippen LogP contribution in [0.15, 0.2) is 30.5 Å². The average molecular weight is 370 g/mol. The molecule has 4 rings (SSSR count). The van der Waals surface area contributed by atoms with Crippen molar-refractivity contribution < 1.29 is 14.3 Å². The fourth-order valence-corrected chi connectivity index (χ4v) is 3.70. The van der Waals surface area contributed by atoms with E-state index in [2.05, 4.69) is 15.5 Å². The number of nitrogens with one attached hydrogen (secondary N) is 2. The second kappa shape index (κ2) is 7.90. The van der Waals surface area contributed by atoms with Gasteiger partial charge in [-0.2, -0.15) is 5.10 Å². The molecule has 2 amide bonds. The minimum Gasteiger partial charge on any atom is -0.490 e. The molecule has 144 valence electrons. The van der Waals surface area contributed by atoms with Crippen molar-refractivity contribution in [2.45, 2.75) is 38.1 Å². The maximum atomic E-state index is 12.7. The fraction of sp³-hybridized carbons (Fsp3) is 0.500. The van der Waals surface area contributed by atoms with E-state index in [1.165, 1.54) is 0 Å². The number of rotatable bonds is 3. The molecule has 1 aromatic carbocycles. The van der Waals surface area contributed by atoms with Gasteiger partial charge in [0.15, 0.2) is 11.5 Å². The monoisotopic (exact) mass is 370 g/mol. The third-order valence-corrected chi connectivity index (χ3v) is 5.36. The Kier molecular flexibility index (Phi) is 5.18. The third-order valence-electron chi connectivity index (χ3n) is 5.36. The lowest BCUT2D eigenvalue weighted by Crippen LogP contribution is -2.44. The lowest BCUT2D eigenvalue weighted by Gasteiger charge is -2.32. The van der Waals surface area contributed by atoms with Gasteiger partial charge in [-0.15, -0.1) is 0 Å². The predicted molar refractivity (Wildman–Crippen MR) is 101 cm³/mol. The van der Waals surface area contributed by atoms with E-state index >= 15 is 0 Å². The quantitative estimate of drug-likeness (QED) is 0.869. The highest BCUT2D eigenvalue weighted by molar-refractivity contribution is 5.74. The van der Waals surface area contributed by atoms with Crippen molar-refractivity contribution in [1.82, 2.24) is 20.4 Å². The summed E-state index contributed by atoms with van der Waals surface area (Å²) in [6.07, 6.45) is 4.57. The number of aromatic nitrogens is 2. The normalized spacial score (nSPS) is 18.6. The Labute approximate surface area is 159 Å². The highest BCUT2D eigenvalue weighted by atomic mass is 16.5. The number of aromatic amines is 1. The summed E-state index contributed by atoms with van der Waals surface area (Å²) in [4.78, 5) is 14.6. The zero-order valence-electron chi connectivity index (χ0n) is 15.6. The van der Waals surface area contributed by atoms with Crippen LogP contribution < -0.4 is 14.8 Å². The number of nitrogens with zero attached hydrogens (tertiary/aromatic N) is 2. The molecular weight excluding hydrogens is 344 g/mol. The summed E-state index contributed by atoms with van der Waals surface area (Å²) >= 11 is 0. The highest BCUT2D eigenvalue weighted by Crippen LogP contribution is 2.32. The number of ether oxygens (including phenoxy) is 2. The Hall–Kier alpha value is -2.70.